The Morgan fingerprint density at radius 1 is 1.24 bits per heavy atom. The molecule has 2 heterocycles. The molecule has 2 aromatic heterocycles. The highest BCUT2D eigenvalue weighted by Crippen LogP contribution is 2.24. The molecular formula is C14H12FN5S. The molecule has 7 heteroatoms. The van der Waals surface area contributed by atoms with Gasteiger partial charge >= 0.3 is 0 Å². The molecule has 0 bridgehead atoms. The molecule has 0 aliphatic carbocycles. The van der Waals surface area contributed by atoms with E-state index >= 15 is 0 Å². The molecule has 106 valence electrons. The molecule has 3 rings (SSSR count). The van der Waals surface area contributed by atoms with Gasteiger partial charge in [-0.1, -0.05) is 12.1 Å². The highest BCUT2D eigenvalue weighted by Gasteiger charge is 2.17. The van der Waals surface area contributed by atoms with Crippen molar-refractivity contribution in [3.8, 4) is 11.5 Å². The van der Waals surface area contributed by atoms with Gasteiger partial charge in [-0.15, -0.1) is 0 Å². The van der Waals surface area contributed by atoms with Gasteiger partial charge in [-0.3, -0.25) is 14.6 Å². The zero-order valence-electron chi connectivity index (χ0n) is 11.2. The lowest BCUT2D eigenvalue weighted by Gasteiger charge is -2.15. The van der Waals surface area contributed by atoms with Crippen LogP contribution in [0.2, 0.25) is 0 Å². The zero-order valence-corrected chi connectivity index (χ0v) is 12.0. The number of hydrogen-bond donors (Lipinski definition) is 1. The number of aromatic amines is 1. The summed E-state index contributed by atoms with van der Waals surface area (Å²) in [5.41, 5.74) is 1.55. The van der Waals surface area contributed by atoms with Crippen molar-refractivity contribution in [2.24, 2.45) is 0 Å². The van der Waals surface area contributed by atoms with Crippen LogP contribution in [0.3, 0.4) is 0 Å². The summed E-state index contributed by atoms with van der Waals surface area (Å²) in [6.45, 7) is 1.97. The quantitative estimate of drug-likeness (QED) is 0.755. The van der Waals surface area contributed by atoms with Crippen LogP contribution in [0, 0.1) is 10.6 Å². The second kappa shape index (κ2) is 5.53. The van der Waals surface area contributed by atoms with E-state index in [-0.39, 0.29) is 11.9 Å². The topological polar surface area (TPSA) is 59.4 Å². The zero-order chi connectivity index (χ0) is 14.8. The van der Waals surface area contributed by atoms with Crippen LogP contribution in [0.4, 0.5) is 4.39 Å². The summed E-state index contributed by atoms with van der Waals surface area (Å²) in [4.78, 5) is 8.28. The first-order chi connectivity index (χ1) is 10.2. The van der Waals surface area contributed by atoms with Gasteiger partial charge in [0.05, 0.1) is 12.2 Å². The van der Waals surface area contributed by atoms with Crippen LogP contribution >= 0.6 is 12.2 Å². The molecule has 21 heavy (non-hydrogen) atoms. The molecular weight excluding hydrogens is 289 g/mol. The number of rotatable bonds is 3. The third-order valence-electron chi connectivity index (χ3n) is 3.24. The van der Waals surface area contributed by atoms with Crippen molar-refractivity contribution in [3.63, 3.8) is 0 Å². The number of H-pyrrole nitrogens is 1. The third kappa shape index (κ3) is 2.59. The van der Waals surface area contributed by atoms with Gasteiger partial charge in [-0.2, -0.15) is 5.10 Å². The van der Waals surface area contributed by atoms with E-state index in [4.69, 9.17) is 12.2 Å². The molecule has 5 nitrogen and oxygen atoms in total. The Morgan fingerprint density at radius 3 is 2.67 bits per heavy atom. The van der Waals surface area contributed by atoms with Crippen molar-refractivity contribution in [1.82, 2.24) is 24.7 Å². The number of halogens is 1. The van der Waals surface area contributed by atoms with Crippen LogP contribution in [0.25, 0.3) is 11.5 Å². The van der Waals surface area contributed by atoms with Crippen LogP contribution in [0.5, 0.6) is 0 Å². The first-order valence-corrected chi connectivity index (χ1v) is 6.76. The van der Waals surface area contributed by atoms with E-state index < -0.39 is 0 Å². The molecule has 0 unspecified atom stereocenters. The summed E-state index contributed by atoms with van der Waals surface area (Å²) in [6.07, 6.45) is 4.82. The van der Waals surface area contributed by atoms with Crippen molar-refractivity contribution >= 4 is 12.2 Å². The Kier molecular flexibility index (Phi) is 3.57. The molecule has 0 fully saturated rings. The summed E-state index contributed by atoms with van der Waals surface area (Å²) in [7, 11) is 0. The summed E-state index contributed by atoms with van der Waals surface area (Å²) >= 11 is 5.30. The Bertz CT molecular complexity index is 794. The minimum atomic E-state index is -0.268. The smallest absolute Gasteiger partial charge is 0.196 e. The maximum absolute atomic E-state index is 13.1. The van der Waals surface area contributed by atoms with E-state index in [0.29, 0.717) is 16.3 Å². The Morgan fingerprint density at radius 2 is 2.00 bits per heavy atom. The minimum absolute atomic E-state index is 0.103. The van der Waals surface area contributed by atoms with Gasteiger partial charge < -0.3 is 0 Å². The highest BCUT2D eigenvalue weighted by atomic mass is 32.1. The Balaban J connectivity index is 2.08. The lowest BCUT2D eigenvalue weighted by molar-refractivity contribution is 0.613. The Labute approximate surface area is 125 Å². The second-order valence-corrected chi connectivity index (χ2v) is 4.93. The van der Waals surface area contributed by atoms with E-state index in [1.54, 1.807) is 30.7 Å². The number of benzene rings is 1. The maximum atomic E-state index is 13.1. The fourth-order valence-electron chi connectivity index (χ4n) is 2.15. The van der Waals surface area contributed by atoms with Crippen LogP contribution in [-0.2, 0) is 0 Å². The standard InChI is InChI=1S/C14H12FN5S/c1-9(10-2-4-11(15)5-3-10)20-13(18-19-14(20)21)12-8-16-6-7-17-12/h2-9H,1H3,(H,19,21)/t9-/m1/s1. The molecule has 0 saturated heterocycles. The van der Waals surface area contributed by atoms with Crippen molar-refractivity contribution in [2.45, 2.75) is 13.0 Å². The van der Waals surface area contributed by atoms with Gasteiger partial charge in [0, 0.05) is 12.4 Å². The molecule has 0 aliphatic heterocycles. The van der Waals surface area contributed by atoms with Crippen molar-refractivity contribution < 1.29 is 4.39 Å². The summed E-state index contributed by atoms with van der Waals surface area (Å²) in [6, 6.07) is 6.22. The maximum Gasteiger partial charge on any atom is 0.196 e. The van der Waals surface area contributed by atoms with E-state index in [1.165, 1.54) is 12.1 Å². The predicted molar refractivity (Wildman–Crippen MR) is 78.7 cm³/mol. The number of nitrogens with zero attached hydrogens (tertiary/aromatic N) is 4. The lowest BCUT2D eigenvalue weighted by atomic mass is 10.1. The van der Waals surface area contributed by atoms with E-state index in [9.17, 15) is 4.39 Å². The fraction of sp³-hybridized carbons (Fsp3) is 0.143. The van der Waals surface area contributed by atoms with Gasteiger partial charge in [-0.05, 0) is 36.8 Å². The van der Waals surface area contributed by atoms with E-state index in [1.807, 2.05) is 11.5 Å². The van der Waals surface area contributed by atoms with Gasteiger partial charge in [0.25, 0.3) is 0 Å². The largest absolute Gasteiger partial charge is 0.291 e. The van der Waals surface area contributed by atoms with Crippen molar-refractivity contribution in [1.29, 1.82) is 0 Å². The van der Waals surface area contributed by atoms with Gasteiger partial charge in [0.2, 0.25) is 0 Å². The number of aromatic nitrogens is 5. The molecule has 3 aromatic rings. The van der Waals surface area contributed by atoms with Crippen molar-refractivity contribution in [3.05, 3.63) is 59.0 Å². The molecule has 0 spiro atoms. The van der Waals surface area contributed by atoms with Crippen LogP contribution < -0.4 is 0 Å². The summed E-state index contributed by atoms with van der Waals surface area (Å²) in [5, 5.41) is 6.99. The average Bonchev–Trinajstić information content (AvgIpc) is 2.90. The molecule has 0 aliphatic rings. The molecule has 0 saturated carbocycles. The highest BCUT2D eigenvalue weighted by molar-refractivity contribution is 7.71. The molecule has 1 aromatic carbocycles. The summed E-state index contributed by atoms with van der Waals surface area (Å²) in [5.74, 6) is 0.334. The van der Waals surface area contributed by atoms with Gasteiger partial charge in [0.1, 0.15) is 11.5 Å². The molecule has 1 N–H and O–H groups in total. The first-order valence-electron chi connectivity index (χ1n) is 6.35. The summed E-state index contributed by atoms with van der Waals surface area (Å²) < 4.78 is 15.4. The predicted octanol–water partition coefficient (Wildman–Crippen LogP) is 3.15. The van der Waals surface area contributed by atoms with E-state index in [0.717, 1.165) is 5.56 Å². The van der Waals surface area contributed by atoms with Gasteiger partial charge in [-0.25, -0.2) is 9.37 Å². The molecule has 1 atom stereocenters. The van der Waals surface area contributed by atoms with Crippen LogP contribution in [-0.4, -0.2) is 24.7 Å². The normalized spacial score (nSPS) is 12.3. The van der Waals surface area contributed by atoms with E-state index in [2.05, 4.69) is 20.2 Å². The number of hydrogen-bond acceptors (Lipinski definition) is 4. The Hall–Kier alpha value is -2.41. The SMILES string of the molecule is C[C@H](c1ccc(F)cc1)n1c(-c2cnccn2)n[nH]c1=S. The monoisotopic (exact) mass is 301 g/mol. The van der Waals surface area contributed by atoms with Crippen LogP contribution in [0.1, 0.15) is 18.5 Å². The minimum Gasteiger partial charge on any atom is -0.291 e. The number of nitrogens with one attached hydrogen (secondary N) is 1. The second-order valence-electron chi connectivity index (χ2n) is 4.54. The van der Waals surface area contributed by atoms with Crippen molar-refractivity contribution in [2.75, 3.05) is 0 Å². The van der Waals surface area contributed by atoms with Crippen LogP contribution in [0.15, 0.2) is 42.9 Å². The molecule has 0 amide bonds. The van der Waals surface area contributed by atoms with Gasteiger partial charge in [0.15, 0.2) is 10.6 Å². The average molecular weight is 301 g/mol. The lowest BCUT2D eigenvalue weighted by Crippen LogP contribution is -2.09. The fourth-order valence-corrected chi connectivity index (χ4v) is 2.44. The third-order valence-corrected chi connectivity index (χ3v) is 3.52. The molecule has 0 radical (unpaired) electrons. The first kappa shape index (κ1) is 13.6.